The lowest BCUT2D eigenvalue weighted by Gasteiger charge is -2.27. The highest BCUT2D eigenvalue weighted by Gasteiger charge is 2.22. The Bertz CT molecular complexity index is 323. The van der Waals surface area contributed by atoms with E-state index in [-0.39, 0.29) is 0 Å². The van der Waals surface area contributed by atoms with Crippen molar-refractivity contribution in [3.8, 4) is 0 Å². The van der Waals surface area contributed by atoms with E-state index in [2.05, 4.69) is 5.32 Å². The predicted molar refractivity (Wildman–Crippen MR) is 62.0 cm³/mol. The standard InChI is InChI=1S/C12H16ClNO/c13-11-5-1-3-9(7-11)12(15)10-4-2-6-14-8-10/h1,3,5,7,10,12,14-15H,2,4,6,8H2/t10?,12-/m0/s1. The van der Waals surface area contributed by atoms with Gasteiger partial charge in [0.25, 0.3) is 0 Å². The first kappa shape index (κ1) is 10.9. The number of aliphatic hydroxyl groups excluding tert-OH is 1. The Morgan fingerprint density at radius 3 is 3.00 bits per heavy atom. The Kier molecular flexibility index (Phi) is 3.62. The molecule has 2 N–H and O–H groups in total. The molecule has 3 heteroatoms. The maximum absolute atomic E-state index is 10.2. The van der Waals surface area contributed by atoms with Crippen molar-refractivity contribution in [2.24, 2.45) is 5.92 Å². The zero-order valence-corrected chi connectivity index (χ0v) is 9.37. The Balaban J connectivity index is 2.08. The topological polar surface area (TPSA) is 32.3 Å². The van der Waals surface area contributed by atoms with E-state index in [9.17, 15) is 5.11 Å². The number of rotatable bonds is 2. The highest BCUT2D eigenvalue weighted by atomic mass is 35.5. The van der Waals surface area contributed by atoms with Crippen molar-refractivity contribution in [1.29, 1.82) is 0 Å². The molecule has 0 aliphatic carbocycles. The van der Waals surface area contributed by atoms with Gasteiger partial charge in [0.05, 0.1) is 6.10 Å². The molecule has 2 atom stereocenters. The second-order valence-corrected chi connectivity index (χ2v) is 4.54. The van der Waals surface area contributed by atoms with Crippen LogP contribution in [-0.4, -0.2) is 18.2 Å². The summed E-state index contributed by atoms with van der Waals surface area (Å²) in [5.41, 5.74) is 0.927. The van der Waals surface area contributed by atoms with Gasteiger partial charge in [0.2, 0.25) is 0 Å². The van der Waals surface area contributed by atoms with Crippen molar-refractivity contribution in [3.05, 3.63) is 34.9 Å². The summed E-state index contributed by atoms with van der Waals surface area (Å²) in [6.07, 6.45) is 1.83. The summed E-state index contributed by atoms with van der Waals surface area (Å²) in [6, 6.07) is 7.50. The molecule has 0 amide bonds. The largest absolute Gasteiger partial charge is 0.388 e. The summed E-state index contributed by atoms with van der Waals surface area (Å²) in [6.45, 7) is 1.96. The highest BCUT2D eigenvalue weighted by Crippen LogP contribution is 2.28. The number of benzene rings is 1. The zero-order chi connectivity index (χ0) is 10.7. The van der Waals surface area contributed by atoms with Crippen LogP contribution in [0.1, 0.15) is 24.5 Å². The first-order valence-electron chi connectivity index (χ1n) is 5.41. The van der Waals surface area contributed by atoms with Crippen LogP contribution in [0.5, 0.6) is 0 Å². The molecule has 1 aliphatic heterocycles. The maximum Gasteiger partial charge on any atom is 0.0830 e. The lowest BCUT2D eigenvalue weighted by atomic mass is 9.89. The van der Waals surface area contributed by atoms with Gasteiger partial charge in [-0.3, -0.25) is 0 Å². The molecule has 0 radical (unpaired) electrons. The monoisotopic (exact) mass is 225 g/mol. The summed E-state index contributed by atoms with van der Waals surface area (Å²) < 4.78 is 0. The van der Waals surface area contributed by atoms with Crippen LogP contribution in [0.3, 0.4) is 0 Å². The van der Waals surface area contributed by atoms with Gasteiger partial charge in [-0.1, -0.05) is 23.7 Å². The van der Waals surface area contributed by atoms with Gasteiger partial charge in [0.15, 0.2) is 0 Å². The van der Waals surface area contributed by atoms with Crippen molar-refractivity contribution >= 4 is 11.6 Å². The minimum atomic E-state index is -0.392. The van der Waals surface area contributed by atoms with Crippen LogP contribution in [0.4, 0.5) is 0 Å². The minimum Gasteiger partial charge on any atom is -0.388 e. The normalized spacial score (nSPS) is 23.7. The number of nitrogens with one attached hydrogen (secondary N) is 1. The quantitative estimate of drug-likeness (QED) is 0.810. The van der Waals surface area contributed by atoms with Gasteiger partial charge < -0.3 is 10.4 Å². The van der Waals surface area contributed by atoms with E-state index >= 15 is 0 Å². The minimum absolute atomic E-state index is 0.317. The fraction of sp³-hybridized carbons (Fsp3) is 0.500. The molecule has 82 valence electrons. The van der Waals surface area contributed by atoms with Crippen LogP contribution in [0, 0.1) is 5.92 Å². The smallest absolute Gasteiger partial charge is 0.0830 e. The van der Waals surface area contributed by atoms with Crippen LogP contribution in [0.15, 0.2) is 24.3 Å². The fourth-order valence-corrected chi connectivity index (χ4v) is 2.31. The molecule has 15 heavy (non-hydrogen) atoms. The molecular formula is C12H16ClNO. The number of hydrogen-bond acceptors (Lipinski definition) is 2. The number of halogens is 1. The molecule has 1 fully saturated rings. The molecule has 1 aliphatic rings. The third-order valence-electron chi connectivity index (χ3n) is 2.97. The second-order valence-electron chi connectivity index (χ2n) is 4.11. The SMILES string of the molecule is O[C@@H](c1cccc(Cl)c1)C1CCCNC1. The molecule has 0 saturated carbocycles. The average Bonchev–Trinajstić information content (AvgIpc) is 2.29. The predicted octanol–water partition coefficient (Wildman–Crippen LogP) is 2.37. The van der Waals surface area contributed by atoms with Crippen molar-refractivity contribution in [3.63, 3.8) is 0 Å². The maximum atomic E-state index is 10.2. The second kappa shape index (κ2) is 4.97. The van der Waals surface area contributed by atoms with Gasteiger partial charge in [0.1, 0.15) is 0 Å². The molecular weight excluding hydrogens is 210 g/mol. The summed E-state index contributed by atoms with van der Waals surface area (Å²) in [4.78, 5) is 0. The summed E-state index contributed by atoms with van der Waals surface area (Å²) >= 11 is 5.90. The molecule has 0 aromatic heterocycles. The highest BCUT2D eigenvalue weighted by molar-refractivity contribution is 6.30. The third-order valence-corrected chi connectivity index (χ3v) is 3.21. The first-order valence-corrected chi connectivity index (χ1v) is 5.79. The molecule has 1 aromatic carbocycles. The lowest BCUT2D eigenvalue weighted by molar-refractivity contribution is 0.0922. The van der Waals surface area contributed by atoms with Crippen molar-refractivity contribution in [1.82, 2.24) is 5.32 Å². The average molecular weight is 226 g/mol. The van der Waals surface area contributed by atoms with E-state index in [1.807, 2.05) is 24.3 Å². The van der Waals surface area contributed by atoms with Crippen LogP contribution >= 0.6 is 11.6 Å². The van der Waals surface area contributed by atoms with E-state index in [4.69, 9.17) is 11.6 Å². The lowest BCUT2D eigenvalue weighted by Crippen LogP contribution is -2.33. The molecule has 1 saturated heterocycles. The van der Waals surface area contributed by atoms with E-state index in [0.29, 0.717) is 10.9 Å². The van der Waals surface area contributed by atoms with Gasteiger partial charge in [-0.25, -0.2) is 0 Å². The van der Waals surface area contributed by atoms with E-state index < -0.39 is 6.10 Å². The summed E-state index contributed by atoms with van der Waals surface area (Å²) in [5.74, 6) is 0.317. The van der Waals surface area contributed by atoms with Crippen molar-refractivity contribution < 1.29 is 5.11 Å². The van der Waals surface area contributed by atoms with Crippen molar-refractivity contribution in [2.45, 2.75) is 18.9 Å². The molecule has 0 spiro atoms. The Morgan fingerprint density at radius 1 is 1.47 bits per heavy atom. The fourth-order valence-electron chi connectivity index (χ4n) is 2.11. The number of hydrogen-bond donors (Lipinski definition) is 2. The molecule has 2 nitrogen and oxygen atoms in total. The van der Waals surface area contributed by atoms with E-state index in [1.165, 1.54) is 0 Å². The van der Waals surface area contributed by atoms with Crippen LogP contribution in [0.25, 0.3) is 0 Å². The molecule has 1 heterocycles. The van der Waals surface area contributed by atoms with Gasteiger partial charge in [-0.05, 0) is 37.1 Å². The summed E-state index contributed by atoms with van der Waals surface area (Å²) in [5, 5.41) is 14.2. The van der Waals surface area contributed by atoms with Gasteiger partial charge in [-0.2, -0.15) is 0 Å². The van der Waals surface area contributed by atoms with Gasteiger partial charge in [-0.15, -0.1) is 0 Å². The number of piperidine rings is 1. The Hall–Kier alpha value is -0.570. The molecule has 1 unspecified atom stereocenters. The van der Waals surface area contributed by atoms with Crippen molar-refractivity contribution in [2.75, 3.05) is 13.1 Å². The van der Waals surface area contributed by atoms with E-state index in [1.54, 1.807) is 0 Å². The molecule has 2 rings (SSSR count). The zero-order valence-electron chi connectivity index (χ0n) is 8.62. The molecule has 0 bridgehead atoms. The molecule has 1 aromatic rings. The van der Waals surface area contributed by atoms with Gasteiger partial charge >= 0.3 is 0 Å². The van der Waals surface area contributed by atoms with Gasteiger partial charge in [0, 0.05) is 17.5 Å². The third kappa shape index (κ3) is 2.71. The van der Waals surface area contributed by atoms with Crippen LogP contribution in [0.2, 0.25) is 5.02 Å². The first-order chi connectivity index (χ1) is 7.27. The Morgan fingerprint density at radius 2 is 2.33 bits per heavy atom. The number of aliphatic hydroxyl groups is 1. The van der Waals surface area contributed by atoms with E-state index in [0.717, 1.165) is 31.5 Å². The van der Waals surface area contributed by atoms with Crippen LogP contribution in [-0.2, 0) is 0 Å². The van der Waals surface area contributed by atoms with Crippen LogP contribution < -0.4 is 5.32 Å². The summed E-state index contributed by atoms with van der Waals surface area (Å²) in [7, 11) is 0. The Labute approximate surface area is 95.3 Å².